The summed E-state index contributed by atoms with van der Waals surface area (Å²) < 4.78 is 20.9. The Morgan fingerprint density at radius 3 is 2.89 bits per heavy atom. The molecule has 0 aliphatic rings. The highest BCUT2D eigenvalue weighted by molar-refractivity contribution is 5.78. The van der Waals surface area contributed by atoms with Gasteiger partial charge in [-0.1, -0.05) is 19.9 Å². The number of para-hydroxylation sites is 1. The summed E-state index contributed by atoms with van der Waals surface area (Å²) in [6.07, 6.45) is 1.04. The molecule has 2 rings (SSSR count). The van der Waals surface area contributed by atoms with Gasteiger partial charge < -0.3 is 15.0 Å². The van der Waals surface area contributed by atoms with Crippen molar-refractivity contribution in [3.05, 3.63) is 24.0 Å². The number of anilines is 1. The molecule has 0 aliphatic heterocycles. The Morgan fingerprint density at radius 2 is 2.16 bits per heavy atom. The Bertz CT molecular complexity index is 551. The molecule has 4 nitrogen and oxygen atoms in total. The Morgan fingerprint density at radius 1 is 1.37 bits per heavy atom. The predicted octanol–water partition coefficient (Wildman–Crippen LogP) is 2.82. The lowest BCUT2D eigenvalue weighted by molar-refractivity contribution is 0.117. The van der Waals surface area contributed by atoms with Gasteiger partial charge in [0, 0.05) is 13.2 Å². The van der Waals surface area contributed by atoms with Crippen molar-refractivity contribution < 1.29 is 9.13 Å². The minimum Gasteiger partial charge on any atom is -0.380 e. The molecule has 0 aliphatic carbocycles. The number of imidazole rings is 1. The molecule has 0 radical (unpaired) electrons. The van der Waals surface area contributed by atoms with Crippen molar-refractivity contribution >= 4 is 17.0 Å². The van der Waals surface area contributed by atoms with Crippen LogP contribution in [0.4, 0.5) is 10.3 Å². The molecule has 0 unspecified atom stereocenters. The normalized spacial score (nSPS) is 11.6. The number of fused-ring (bicyclic) bond motifs is 1. The Hall–Kier alpha value is -1.62. The lowest BCUT2D eigenvalue weighted by Gasteiger charge is -2.08. The third-order valence-electron chi connectivity index (χ3n) is 3.06. The minimum absolute atomic E-state index is 0.321. The van der Waals surface area contributed by atoms with Crippen molar-refractivity contribution in [3.63, 3.8) is 0 Å². The van der Waals surface area contributed by atoms with E-state index in [2.05, 4.69) is 18.8 Å². The van der Waals surface area contributed by atoms with Crippen LogP contribution in [0.1, 0.15) is 20.3 Å². The second-order valence-corrected chi connectivity index (χ2v) is 5.02. The number of halogens is 1. The summed E-state index contributed by atoms with van der Waals surface area (Å²) in [4.78, 5) is 4.05. The number of rotatable bonds is 6. The topological polar surface area (TPSA) is 53.1 Å². The second kappa shape index (κ2) is 6.02. The second-order valence-electron chi connectivity index (χ2n) is 5.02. The molecule has 0 amide bonds. The van der Waals surface area contributed by atoms with Crippen molar-refractivity contribution in [3.8, 4) is 0 Å². The zero-order chi connectivity index (χ0) is 13.8. The van der Waals surface area contributed by atoms with Crippen molar-refractivity contribution in [1.82, 2.24) is 9.55 Å². The van der Waals surface area contributed by atoms with Gasteiger partial charge in [-0.3, -0.25) is 0 Å². The maximum atomic E-state index is 13.5. The van der Waals surface area contributed by atoms with E-state index in [4.69, 9.17) is 10.5 Å². The first kappa shape index (κ1) is 13.8. The fraction of sp³-hybridized carbons (Fsp3) is 0.500. The van der Waals surface area contributed by atoms with Gasteiger partial charge >= 0.3 is 0 Å². The Balaban J connectivity index is 2.01. The van der Waals surface area contributed by atoms with Gasteiger partial charge in [-0.25, -0.2) is 9.37 Å². The summed E-state index contributed by atoms with van der Waals surface area (Å²) in [7, 11) is 0. The molecule has 5 heteroatoms. The van der Waals surface area contributed by atoms with E-state index in [0.29, 0.717) is 36.1 Å². The highest BCUT2D eigenvalue weighted by Gasteiger charge is 2.10. The van der Waals surface area contributed by atoms with Gasteiger partial charge in [-0.05, 0) is 24.5 Å². The lowest BCUT2D eigenvalue weighted by atomic mass is 10.1. The zero-order valence-corrected chi connectivity index (χ0v) is 11.4. The molecule has 0 fully saturated rings. The van der Waals surface area contributed by atoms with Crippen molar-refractivity contribution in [2.24, 2.45) is 5.92 Å². The van der Waals surface area contributed by atoms with Crippen molar-refractivity contribution in [2.45, 2.75) is 26.8 Å². The van der Waals surface area contributed by atoms with Gasteiger partial charge in [0.05, 0.1) is 12.1 Å². The molecule has 1 aromatic carbocycles. The molecule has 19 heavy (non-hydrogen) atoms. The van der Waals surface area contributed by atoms with E-state index in [1.807, 2.05) is 6.07 Å². The smallest absolute Gasteiger partial charge is 0.201 e. The summed E-state index contributed by atoms with van der Waals surface area (Å²) in [5.74, 6) is 0.615. The summed E-state index contributed by atoms with van der Waals surface area (Å²) >= 11 is 0. The van der Waals surface area contributed by atoms with Gasteiger partial charge in [0.1, 0.15) is 5.52 Å². The average molecular weight is 265 g/mol. The fourth-order valence-corrected chi connectivity index (χ4v) is 1.94. The van der Waals surface area contributed by atoms with E-state index in [1.54, 1.807) is 10.6 Å². The number of nitrogens with zero attached hydrogens (tertiary/aromatic N) is 2. The predicted molar refractivity (Wildman–Crippen MR) is 74.4 cm³/mol. The van der Waals surface area contributed by atoms with Crippen LogP contribution in [0.3, 0.4) is 0 Å². The Kier molecular flexibility index (Phi) is 4.37. The summed E-state index contributed by atoms with van der Waals surface area (Å²) in [6, 6.07) is 4.86. The largest absolute Gasteiger partial charge is 0.380 e. The van der Waals surface area contributed by atoms with Crippen LogP contribution in [-0.2, 0) is 11.3 Å². The quantitative estimate of drug-likeness (QED) is 0.817. The number of aromatic nitrogens is 2. The number of hydrogen-bond donors (Lipinski definition) is 1. The first-order chi connectivity index (χ1) is 9.09. The Labute approximate surface area is 112 Å². The van der Waals surface area contributed by atoms with Crippen molar-refractivity contribution in [1.29, 1.82) is 0 Å². The van der Waals surface area contributed by atoms with Gasteiger partial charge in [0.2, 0.25) is 5.95 Å². The number of hydrogen-bond acceptors (Lipinski definition) is 3. The molecule has 0 saturated carbocycles. The van der Waals surface area contributed by atoms with E-state index >= 15 is 0 Å². The van der Waals surface area contributed by atoms with Gasteiger partial charge in [-0.15, -0.1) is 0 Å². The molecule has 0 saturated heterocycles. The standard InChI is InChI=1S/C14H20FN3O/c1-10(2)6-8-19-9-7-18-12-5-3-4-11(15)13(12)17-14(18)16/h3-5,10H,6-9H2,1-2H3,(H2,16,17). The number of nitrogen functional groups attached to an aromatic ring is 1. The molecule has 0 bridgehead atoms. The van der Waals surface area contributed by atoms with Crippen LogP contribution >= 0.6 is 0 Å². The van der Waals surface area contributed by atoms with Crippen LogP contribution in [0.25, 0.3) is 11.0 Å². The van der Waals surface area contributed by atoms with E-state index in [1.165, 1.54) is 6.07 Å². The minimum atomic E-state index is -0.344. The molecule has 0 spiro atoms. The molecule has 2 aromatic rings. The molecule has 1 heterocycles. The fourth-order valence-electron chi connectivity index (χ4n) is 1.94. The molecule has 104 valence electrons. The first-order valence-electron chi connectivity index (χ1n) is 6.57. The van der Waals surface area contributed by atoms with Crippen molar-refractivity contribution in [2.75, 3.05) is 18.9 Å². The van der Waals surface area contributed by atoms with Crippen LogP contribution in [0, 0.1) is 11.7 Å². The maximum Gasteiger partial charge on any atom is 0.201 e. The third kappa shape index (κ3) is 3.23. The molecule has 0 atom stereocenters. The first-order valence-corrected chi connectivity index (χ1v) is 6.57. The van der Waals surface area contributed by atoms with E-state index in [9.17, 15) is 4.39 Å². The van der Waals surface area contributed by atoms with Crippen LogP contribution in [0.2, 0.25) is 0 Å². The molecule has 1 aromatic heterocycles. The number of ether oxygens (including phenoxy) is 1. The number of benzene rings is 1. The van der Waals surface area contributed by atoms with Gasteiger partial charge in [-0.2, -0.15) is 0 Å². The van der Waals surface area contributed by atoms with Crippen LogP contribution in [0.5, 0.6) is 0 Å². The highest BCUT2D eigenvalue weighted by Crippen LogP contribution is 2.20. The van der Waals surface area contributed by atoms with Crippen LogP contribution in [0.15, 0.2) is 18.2 Å². The lowest BCUT2D eigenvalue weighted by Crippen LogP contribution is -2.10. The summed E-state index contributed by atoms with van der Waals surface area (Å²) in [6.45, 7) is 6.20. The SMILES string of the molecule is CC(C)CCOCCn1c(N)nc2c(F)cccc21. The molecule has 2 N–H and O–H groups in total. The summed E-state index contributed by atoms with van der Waals surface area (Å²) in [5, 5.41) is 0. The molecular weight excluding hydrogens is 245 g/mol. The van der Waals surface area contributed by atoms with Gasteiger partial charge in [0.15, 0.2) is 5.82 Å². The molecular formula is C14H20FN3O. The van der Waals surface area contributed by atoms with E-state index in [-0.39, 0.29) is 5.82 Å². The van der Waals surface area contributed by atoms with E-state index < -0.39 is 0 Å². The number of nitrogens with two attached hydrogens (primary N) is 1. The van der Waals surface area contributed by atoms with E-state index in [0.717, 1.165) is 13.0 Å². The maximum absolute atomic E-state index is 13.5. The van der Waals surface area contributed by atoms with Crippen LogP contribution < -0.4 is 5.73 Å². The summed E-state index contributed by atoms with van der Waals surface area (Å²) in [5.41, 5.74) is 6.85. The average Bonchev–Trinajstić information content (AvgIpc) is 2.67. The van der Waals surface area contributed by atoms with Gasteiger partial charge in [0.25, 0.3) is 0 Å². The monoisotopic (exact) mass is 265 g/mol. The highest BCUT2D eigenvalue weighted by atomic mass is 19.1. The zero-order valence-electron chi connectivity index (χ0n) is 11.4. The third-order valence-corrected chi connectivity index (χ3v) is 3.06. The van der Waals surface area contributed by atoms with Crippen LogP contribution in [-0.4, -0.2) is 22.8 Å².